The summed E-state index contributed by atoms with van der Waals surface area (Å²) in [6.45, 7) is -0.607. The molecule has 0 aliphatic carbocycles. The van der Waals surface area contributed by atoms with E-state index >= 15 is 0 Å². The number of ether oxygens (including phenoxy) is 2. The highest BCUT2D eigenvalue weighted by molar-refractivity contribution is 6.35. The largest absolute Gasteiger partial charge is 0.573 e. The summed E-state index contributed by atoms with van der Waals surface area (Å²) in [6, 6.07) is 8.56. The number of halogens is 5. The Balaban J connectivity index is 1.87. The van der Waals surface area contributed by atoms with Crippen molar-refractivity contribution < 1.29 is 32.2 Å². The van der Waals surface area contributed by atoms with Gasteiger partial charge < -0.3 is 14.8 Å². The highest BCUT2D eigenvalue weighted by atomic mass is 35.5. The first-order chi connectivity index (χ1) is 12.1. The van der Waals surface area contributed by atoms with Crippen molar-refractivity contribution in [3.05, 3.63) is 58.1 Å². The fourth-order valence-electron chi connectivity index (χ4n) is 1.82. The number of benzene rings is 2. The minimum Gasteiger partial charge on any atom is -0.452 e. The van der Waals surface area contributed by atoms with Gasteiger partial charge in [-0.3, -0.25) is 4.79 Å². The molecule has 1 amide bonds. The van der Waals surface area contributed by atoms with Crippen LogP contribution in [0.4, 0.5) is 18.9 Å². The molecule has 1 N–H and O–H groups in total. The second kappa shape index (κ2) is 8.29. The molecular weight excluding hydrogens is 398 g/mol. The Morgan fingerprint density at radius 1 is 1.00 bits per heavy atom. The van der Waals surface area contributed by atoms with E-state index in [4.69, 9.17) is 27.9 Å². The smallest absolute Gasteiger partial charge is 0.452 e. The van der Waals surface area contributed by atoms with Crippen molar-refractivity contribution in [1.29, 1.82) is 0 Å². The molecule has 0 aliphatic heterocycles. The number of rotatable bonds is 5. The Hall–Kier alpha value is -2.45. The van der Waals surface area contributed by atoms with Gasteiger partial charge >= 0.3 is 12.3 Å². The Bertz CT molecular complexity index is 790. The Labute approximate surface area is 155 Å². The maximum atomic E-state index is 12.1. The molecule has 2 rings (SSSR count). The first-order valence-corrected chi connectivity index (χ1v) is 7.67. The van der Waals surface area contributed by atoms with Crippen molar-refractivity contribution in [2.24, 2.45) is 0 Å². The number of hydrogen-bond donors (Lipinski definition) is 1. The maximum Gasteiger partial charge on any atom is 0.573 e. The first kappa shape index (κ1) is 19.9. The van der Waals surface area contributed by atoms with Crippen molar-refractivity contribution in [3.8, 4) is 5.75 Å². The van der Waals surface area contributed by atoms with E-state index in [-0.39, 0.29) is 21.3 Å². The molecule has 0 atom stereocenters. The number of carbonyl (C=O) groups is 2. The van der Waals surface area contributed by atoms with Crippen LogP contribution in [0.25, 0.3) is 0 Å². The molecule has 0 heterocycles. The van der Waals surface area contributed by atoms with Gasteiger partial charge in [-0.2, -0.15) is 0 Å². The van der Waals surface area contributed by atoms with Crippen molar-refractivity contribution >= 4 is 40.8 Å². The maximum absolute atomic E-state index is 12.1. The highest BCUT2D eigenvalue weighted by Crippen LogP contribution is 2.24. The zero-order chi connectivity index (χ0) is 19.3. The van der Waals surface area contributed by atoms with Gasteiger partial charge in [-0.1, -0.05) is 23.2 Å². The van der Waals surface area contributed by atoms with E-state index in [0.29, 0.717) is 0 Å². The van der Waals surface area contributed by atoms with Gasteiger partial charge in [0, 0.05) is 15.7 Å². The van der Waals surface area contributed by atoms with Crippen LogP contribution in [0.1, 0.15) is 10.4 Å². The summed E-state index contributed by atoms with van der Waals surface area (Å²) >= 11 is 11.5. The minimum atomic E-state index is -4.80. The topological polar surface area (TPSA) is 64.6 Å². The van der Waals surface area contributed by atoms with Crippen molar-refractivity contribution in [1.82, 2.24) is 0 Å². The van der Waals surface area contributed by atoms with Crippen LogP contribution in [-0.2, 0) is 9.53 Å². The second-order valence-corrected chi connectivity index (χ2v) is 5.73. The SMILES string of the molecule is O=C(COC(=O)c1cc(Cl)cc(Cl)c1)Nc1ccc(OC(F)(F)F)cc1. The number of nitrogens with one attached hydrogen (secondary N) is 1. The molecule has 0 radical (unpaired) electrons. The fourth-order valence-corrected chi connectivity index (χ4v) is 2.35. The molecule has 138 valence electrons. The number of esters is 1. The molecule has 5 nitrogen and oxygen atoms in total. The summed E-state index contributed by atoms with van der Waals surface area (Å²) in [5, 5.41) is 2.82. The van der Waals surface area contributed by atoms with Crippen LogP contribution in [-0.4, -0.2) is 24.8 Å². The zero-order valence-corrected chi connectivity index (χ0v) is 14.3. The lowest BCUT2D eigenvalue weighted by Gasteiger charge is -2.10. The molecule has 10 heteroatoms. The zero-order valence-electron chi connectivity index (χ0n) is 12.8. The number of alkyl halides is 3. The Morgan fingerprint density at radius 2 is 1.58 bits per heavy atom. The van der Waals surface area contributed by atoms with Crippen LogP contribution in [0.5, 0.6) is 5.75 Å². The summed E-state index contributed by atoms with van der Waals surface area (Å²) in [6.07, 6.45) is -4.80. The number of amides is 1. The van der Waals surface area contributed by atoms with Gasteiger partial charge in [0.2, 0.25) is 0 Å². The molecular formula is C16H10Cl2F3NO4. The molecule has 0 saturated carbocycles. The number of hydrogen-bond acceptors (Lipinski definition) is 4. The van der Waals surface area contributed by atoms with Crippen LogP contribution in [0, 0.1) is 0 Å². The van der Waals surface area contributed by atoms with Crippen molar-refractivity contribution in [2.45, 2.75) is 6.36 Å². The highest BCUT2D eigenvalue weighted by Gasteiger charge is 2.30. The number of carbonyl (C=O) groups excluding carboxylic acids is 2. The minimum absolute atomic E-state index is 0.0731. The van der Waals surface area contributed by atoms with Crippen LogP contribution in [0.3, 0.4) is 0 Å². The lowest BCUT2D eigenvalue weighted by atomic mass is 10.2. The van der Waals surface area contributed by atoms with Gasteiger partial charge in [-0.05, 0) is 42.5 Å². The van der Waals surface area contributed by atoms with E-state index in [9.17, 15) is 22.8 Å². The molecule has 0 spiro atoms. The predicted octanol–water partition coefficient (Wildman–Crippen LogP) is 4.69. The van der Waals surface area contributed by atoms with Gasteiger partial charge in [0.15, 0.2) is 6.61 Å². The van der Waals surface area contributed by atoms with Gasteiger partial charge in [0.05, 0.1) is 5.56 Å². The normalized spacial score (nSPS) is 11.0. The lowest BCUT2D eigenvalue weighted by Crippen LogP contribution is -2.21. The molecule has 26 heavy (non-hydrogen) atoms. The van der Waals surface area contributed by atoms with E-state index in [2.05, 4.69) is 10.1 Å². The van der Waals surface area contributed by atoms with Gasteiger partial charge in [0.1, 0.15) is 5.75 Å². The summed E-state index contributed by atoms with van der Waals surface area (Å²) < 4.78 is 44.7. The predicted molar refractivity (Wildman–Crippen MR) is 88.5 cm³/mol. The van der Waals surface area contributed by atoms with Crippen LogP contribution < -0.4 is 10.1 Å². The van der Waals surface area contributed by atoms with Crippen LogP contribution in [0.2, 0.25) is 10.0 Å². The van der Waals surface area contributed by atoms with Gasteiger partial charge in [0.25, 0.3) is 5.91 Å². The van der Waals surface area contributed by atoms with Crippen LogP contribution >= 0.6 is 23.2 Å². The van der Waals surface area contributed by atoms with E-state index in [1.54, 1.807) is 0 Å². The third kappa shape index (κ3) is 6.45. The monoisotopic (exact) mass is 407 g/mol. The molecule has 0 saturated heterocycles. The van der Waals surface area contributed by atoms with E-state index in [1.165, 1.54) is 30.3 Å². The van der Waals surface area contributed by atoms with Gasteiger partial charge in [-0.25, -0.2) is 4.79 Å². The molecule has 0 fully saturated rings. The quantitative estimate of drug-likeness (QED) is 0.730. The lowest BCUT2D eigenvalue weighted by molar-refractivity contribution is -0.274. The Morgan fingerprint density at radius 3 is 2.12 bits per heavy atom. The molecule has 0 aromatic heterocycles. The summed E-state index contributed by atoms with van der Waals surface area (Å²) in [4.78, 5) is 23.6. The van der Waals surface area contributed by atoms with Crippen molar-refractivity contribution in [2.75, 3.05) is 11.9 Å². The van der Waals surface area contributed by atoms with Gasteiger partial charge in [-0.15, -0.1) is 13.2 Å². The van der Waals surface area contributed by atoms with Crippen molar-refractivity contribution in [3.63, 3.8) is 0 Å². The molecule has 0 bridgehead atoms. The summed E-state index contributed by atoms with van der Waals surface area (Å²) in [7, 11) is 0. The second-order valence-electron chi connectivity index (χ2n) is 4.85. The van der Waals surface area contributed by atoms with E-state index < -0.39 is 30.6 Å². The summed E-state index contributed by atoms with van der Waals surface area (Å²) in [5.74, 6) is -1.92. The molecule has 2 aromatic rings. The van der Waals surface area contributed by atoms with Crippen LogP contribution in [0.15, 0.2) is 42.5 Å². The Kier molecular flexibility index (Phi) is 6.33. The third-order valence-corrected chi connectivity index (χ3v) is 3.24. The van der Waals surface area contributed by atoms with E-state index in [1.807, 2.05) is 0 Å². The average molecular weight is 408 g/mol. The standard InChI is InChI=1S/C16H10Cl2F3NO4/c17-10-5-9(6-11(18)7-10)15(24)25-8-14(23)22-12-1-3-13(4-2-12)26-16(19,20)21/h1-7H,8H2,(H,22,23). The molecule has 2 aromatic carbocycles. The average Bonchev–Trinajstić information content (AvgIpc) is 2.52. The molecule has 0 unspecified atom stereocenters. The molecule has 0 aliphatic rings. The first-order valence-electron chi connectivity index (χ1n) is 6.91. The number of anilines is 1. The summed E-state index contributed by atoms with van der Waals surface area (Å²) in [5.41, 5.74) is 0.273. The van der Waals surface area contributed by atoms with E-state index in [0.717, 1.165) is 12.1 Å². The third-order valence-electron chi connectivity index (χ3n) is 2.80. The fraction of sp³-hybridized carbons (Fsp3) is 0.125.